The second-order valence-electron chi connectivity index (χ2n) is 7.13. The summed E-state index contributed by atoms with van der Waals surface area (Å²) >= 11 is 0. The predicted octanol–water partition coefficient (Wildman–Crippen LogP) is 5.44. The van der Waals surface area contributed by atoms with Crippen LogP contribution in [0.4, 0.5) is 0 Å². The van der Waals surface area contributed by atoms with Crippen molar-refractivity contribution >= 4 is 24.3 Å². The molecule has 0 fully saturated rings. The molecule has 160 valence electrons. The van der Waals surface area contributed by atoms with Gasteiger partial charge in [0.1, 0.15) is 18.1 Å². The first-order valence-corrected chi connectivity index (χ1v) is 10.3. The van der Waals surface area contributed by atoms with E-state index in [0.29, 0.717) is 6.61 Å². The van der Waals surface area contributed by atoms with Gasteiger partial charge in [0, 0.05) is 23.5 Å². The van der Waals surface area contributed by atoms with Gasteiger partial charge in [0.2, 0.25) is 0 Å². The van der Waals surface area contributed by atoms with Crippen molar-refractivity contribution < 1.29 is 9.47 Å². The number of hydrogen-bond donors (Lipinski definition) is 1. The van der Waals surface area contributed by atoms with Gasteiger partial charge in [-0.15, -0.1) is 0 Å². The van der Waals surface area contributed by atoms with E-state index in [2.05, 4.69) is 20.2 Å². The Bertz CT molecular complexity index is 1230. The molecular formula is C26H24N4O2. The molecule has 3 heterocycles. The van der Waals surface area contributed by atoms with Gasteiger partial charge in [0.25, 0.3) is 0 Å². The number of rotatable bonds is 8. The zero-order valence-corrected chi connectivity index (χ0v) is 18.0. The third kappa shape index (κ3) is 5.70. The second kappa shape index (κ2) is 10.2. The molecule has 0 bridgehead atoms. The molecule has 0 spiro atoms. The third-order valence-electron chi connectivity index (χ3n) is 4.71. The number of ether oxygens (including phenoxy) is 2. The van der Waals surface area contributed by atoms with Crippen molar-refractivity contribution in [1.29, 1.82) is 0 Å². The second-order valence-corrected chi connectivity index (χ2v) is 7.13. The molecule has 1 N–H and O–H groups in total. The fourth-order valence-electron chi connectivity index (χ4n) is 3.09. The molecule has 3 aromatic heterocycles. The van der Waals surface area contributed by atoms with Crippen molar-refractivity contribution in [2.75, 3.05) is 7.11 Å². The molecular weight excluding hydrogens is 400 g/mol. The Kier molecular flexibility index (Phi) is 6.72. The maximum Gasteiger partial charge on any atom is 0.130 e. The number of aryl methyl sites for hydroxylation is 1. The molecule has 4 rings (SSSR count). The topological polar surface area (TPSA) is 72.9 Å². The Morgan fingerprint density at radius 2 is 1.81 bits per heavy atom. The highest BCUT2D eigenvalue weighted by atomic mass is 16.5. The Morgan fingerprint density at radius 1 is 0.906 bits per heavy atom. The summed E-state index contributed by atoms with van der Waals surface area (Å²) in [7, 11) is 1.64. The average molecular weight is 425 g/mol. The van der Waals surface area contributed by atoms with E-state index < -0.39 is 0 Å². The normalized spacial score (nSPS) is 11.3. The summed E-state index contributed by atoms with van der Waals surface area (Å²) < 4.78 is 11.4. The highest BCUT2D eigenvalue weighted by Crippen LogP contribution is 2.27. The van der Waals surface area contributed by atoms with E-state index in [-0.39, 0.29) is 0 Å². The highest BCUT2D eigenvalue weighted by Gasteiger charge is 2.04. The molecule has 0 aliphatic rings. The summed E-state index contributed by atoms with van der Waals surface area (Å²) in [6, 6.07) is 19.4. The fraction of sp³-hybridized carbons (Fsp3) is 0.115. The maximum absolute atomic E-state index is 5.83. The summed E-state index contributed by atoms with van der Waals surface area (Å²) in [5.74, 6) is 1.45. The van der Waals surface area contributed by atoms with Gasteiger partial charge in [-0.25, -0.2) is 0 Å². The quantitative estimate of drug-likeness (QED) is 0.408. The van der Waals surface area contributed by atoms with E-state index in [0.717, 1.165) is 45.5 Å². The van der Waals surface area contributed by atoms with Crippen molar-refractivity contribution in [2.24, 2.45) is 0 Å². The van der Waals surface area contributed by atoms with E-state index in [4.69, 9.17) is 9.47 Å². The largest absolute Gasteiger partial charge is 0.496 e. The average Bonchev–Trinajstić information content (AvgIpc) is 3.29. The summed E-state index contributed by atoms with van der Waals surface area (Å²) in [5.41, 5.74) is 5.42. The minimum atomic E-state index is 0.404. The van der Waals surface area contributed by atoms with Crippen molar-refractivity contribution in [1.82, 2.24) is 20.2 Å². The van der Waals surface area contributed by atoms with E-state index in [9.17, 15) is 0 Å². The van der Waals surface area contributed by atoms with Gasteiger partial charge in [-0.1, -0.05) is 12.1 Å². The molecule has 1 aromatic carbocycles. The molecule has 6 nitrogen and oxygen atoms in total. The van der Waals surface area contributed by atoms with Crippen LogP contribution < -0.4 is 9.47 Å². The van der Waals surface area contributed by atoms with Crippen LogP contribution in [0.3, 0.4) is 0 Å². The van der Waals surface area contributed by atoms with Gasteiger partial charge in [-0.2, -0.15) is 5.10 Å². The first-order chi connectivity index (χ1) is 15.7. The first-order valence-electron chi connectivity index (χ1n) is 10.3. The van der Waals surface area contributed by atoms with Crippen LogP contribution in [0, 0.1) is 6.92 Å². The highest BCUT2D eigenvalue weighted by molar-refractivity contribution is 5.73. The summed E-state index contributed by atoms with van der Waals surface area (Å²) in [4.78, 5) is 8.73. The smallest absolute Gasteiger partial charge is 0.130 e. The number of benzene rings is 1. The van der Waals surface area contributed by atoms with Crippen LogP contribution in [0.15, 0.2) is 66.9 Å². The first kappa shape index (κ1) is 21.1. The van der Waals surface area contributed by atoms with Gasteiger partial charge in [0.05, 0.1) is 29.9 Å². The van der Waals surface area contributed by atoms with Gasteiger partial charge in [-0.3, -0.25) is 15.1 Å². The number of hydrogen-bond acceptors (Lipinski definition) is 5. The lowest BCUT2D eigenvalue weighted by atomic mass is 10.1. The molecule has 32 heavy (non-hydrogen) atoms. The summed E-state index contributed by atoms with van der Waals surface area (Å²) in [5, 5.41) is 7.37. The number of nitrogens with zero attached hydrogens (tertiary/aromatic N) is 3. The van der Waals surface area contributed by atoms with Crippen LogP contribution in [0.1, 0.15) is 34.0 Å². The maximum atomic E-state index is 5.83. The lowest BCUT2D eigenvalue weighted by Gasteiger charge is -2.09. The standard InChI is InChI=1S/C26H24N4O2/c1-19-6-5-8-21(28-19)12-13-23-16-22(29-30-23)11-9-20-10-14-25(17-26(20)31-2)32-18-24-7-3-4-15-27-24/h3-17H,18H2,1-2H3,(H,29,30). The van der Waals surface area contributed by atoms with Gasteiger partial charge < -0.3 is 9.47 Å². The van der Waals surface area contributed by atoms with E-state index >= 15 is 0 Å². The Labute approximate surface area is 187 Å². The third-order valence-corrected chi connectivity index (χ3v) is 4.71. The van der Waals surface area contributed by atoms with Crippen molar-refractivity contribution in [2.45, 2.75) is 13.5 Å². The molecule has 0 saturated carbocycles. The van der Waals surface area contributed by atoms with E-state index in [1.807, 2.05) is 91.9 Å². The molecule has 0 aliphatic carbocycles. The predicted molar refractivity (Wildman–Crippen MR) is 127 cm³/mol. The molecule has 6 heteroatoms. The number of pyridine rings is 2. The molecule has 4 aromatic rings. The molecule has 0 saturated heterocycles. The number of aromatic nitrogens is 4. The van der Waals surface area contributed by atoms with Crippen LogP contribution in [-0.4, -0.2) is 27.3 Å². The van der Waals surface area contributed by atoms with Crippen LogP contribution >= 0.6 is 0 Å². The molecule has 0 radical (unpaired) electrons. The van der Waals surface area contributed by atoms with Crippen molar-refractivity contribution in [3.63, 3.8) is 0 Å². The number of methoxy groups -OCH3 is 1. The molecule has 0 atom stereocenters. The van der Waals surface area contributed by atoms with Crippen molar-refractivity contribution in [3.8, 4) is 11.5 Å². The van der Waals surface area contributed by atoms with E-state index in [1.165, 1.54) is 0 Å². The Morgan fingerprint density at radius 3 is 2.62 bits per heavy atom. The summed E-state index contributed by atoms with van der Waals surface area (Å²) in [6.45, 7) is 2.38. The Hall–Kier alpha value is -4.19. The SMILES string of the molecule is COc1cc(OCc2ccccn2)ccc1C=Cc1cc(C=Cc2cccc(C)n2)[nH]n1. The lowest BCUT2D eigenvalue weighted by Crippen LogP contribution is -1.98. The Balaban J connectivity index is 1.41. The lowest BCUT2D eigenvalue weighted by molar-refractivity contribution is 0.299. The minimum Gasteiger partial charge on any atom is -0.496 e. The van der Waals surface area contributed by atoms with Gasteiger partial charge in [-0.05, 0) is 73.7 Å². The van der Waals surface area contributed by atoms with Crippen molar-refractivity contribution in [3.05, 3.63) is 101 Å². The van der Waals surface area contributed by atoms with Crippen LogP contribution in [0.5, 0.6) is 11.5 Å². The zero-order chi connectivity index (χ0) is 22.2. The number of aromatic amines is 1. The number of H-pyrrole nitrogens is 1. The molecule has 0 amide bonds. The summed E-state index contributed by atoms with van der Waals surface area (Å²) in [6.07, 6.45) is 9.57. The fourth-order valence-corrected chi connectivity index (χ4v) is 3.09. The van der Waals surface area contributed by atoms with Gasteiger partial charge >= 0.3 is 0 Å². The molecule has 0 aliphatic heterocycles. The zero-order valence-electron chi connectivity index (χ0n) is 18.0. The number of nitrogens with one attached hydrogen (secondary N) is 1. The monoisotopic (exact) mass is 424 g/mol. The molecule has 0 unspecified atom stereocenters. The van der Waals surface area contributed by atoms with Crippen LogP contribution in [0.2, 0.25) is 0 Å². The van der Waals surface area contributed by atoms with Gasteiger partial charge in [0.15, 0.2) is 0 Å². The van der Waals surface area contributed by atoms with E-state index in [1.54, 1.807) is 13.3 Å². The minimum absolute atomic E-state index is 0.404. The van der Waals surface area contributed by atoms with Crippen LogP contribution in [-0.2, 0) is 6.61 Å². The van der Waals surface area contributed by atoms with Crippen LogP contribution in [0.25, 0.3) is 24.3 Å².